The van der Waals surface area contributed by atoms with Crippen molar-refractivity contribution in [3.8, 4) is 0 Å². The molecule has 1 fully saturated rings. The van der Waals surface area contributed by atoms with Gasteiger partial charge in [-0.15, -0.1) is 0 Å². The fraction of sp³-hybridized carbons (Fsp3) is 0.750. The van der Waals surface area contributed by atoms with Crippen molar-refractivity contribution in [2.24, 2.45) is 0 Å². The number of hydrogen-bond donors (Lipinski definition) is 1. The molecule has 1 aliphatic rings. The van der Waals surface area contributed by atoms with E-state index in [4.69, 9.17) is 4.42 Å². The van der Waals surface area contributed by atoms with Gasteiger partial charge in [0.05, 0.1) is 13.1 Å². The average Bonchev–Trinajstić information content (AvgIpc) is 3.18. The first-order chi connectivity index (χ1) is 9.60. The van der Waals surface area contributed by atoms with Crippen molar-refractivity contribution >= 4 is 11.8 Å². The van der Waals surface area contributed by atoms with Crippen LogP contribution in [0.3, 0.4) is 0 Å². The maximum Gasteiger partial charge on any atom is 0.120 e. The molecule has 2 rings (SSSR count). The van der Waals surface area contributed by atoms with Crippen LogP contribution in [0.4, 0.5) is 0 Å². The Kier molecular flexibility index (Phi) is 6.00. The lowest BCUT2D eigenvalue weighted by molar-refractivity contribution is 0.223. The van der Waals surface area contributed by atoms with E-state index in [0.29, 0.717) is 6.04 Å². The van der Waals surface area contributed by atoms with E-state index in [1.54, 1.807) is 0 Å². The van der Waals surface area contributed by atoms with Crippen LogP contribution in [0.15, 0.2) is 10.5 Å². The van der Waals surface area contributed by atoms with E-state index in [1.165, 1.54) is 30.6 Å². The second kappa shape index (κ2) is 7.53. The standard InChI is InChI=1S/C16H28N2OS/c1-12-9-15(11-18(3)13(2)7-8-20-4)19-16(12)10-17-14-5-6-14/h9,13-14,17H,5-8,10-11H2,1-4H3. The van der Waals surface area contributed by atoms with Gasteiger partial charge in [0, 0.05) is 12.1 Å². The van der Waals surface area contributed by atoms with E-state index in [1.807, 2.05) is 11.8 Å². The number of thioether (sulfide) groups is 1. The molecule has 0 aliphatic heterocycles. The first-order valence-corrected chi connectivity index (χ1v) is 9.00. The molecule has 1 aromatic heterocycles. The van der Waals surface area contributed by atoms with E-state index in [0.717, 1.165) is 30.7 Å². The normalized spacial score (nSPS) is 16.9. The molecule has 3 nitrogen and oxygen atoms in total. The van der Waals surface area contributed by atoms with Crippen molar-refractivity contribution in [2.75, 3.05) is 19.1 Å². The zero-order valence-corrected chi connectivity index (χ0v) is 14.1. The number of hydrogen-bond acceptors (Lipinski definition) is 4. The van der Waals surface area contributed by atoms with Crippen LogP contribution < -0.4 is 5.32 Å². The molecule has 114 valence electrons. The monoisotopic (exact) mass is 296 g/mol. The Morgan fingerprint density at radius 1 is 1.50 bits per heavy atom. The summed E-state index contributed by atoms with van der Waals surface area (Å²) in [7, 11) is 2.19. The number of aryl methyl sites for hydroxylation is 1. The third-order valence-electron chi connectivity index (χ3n) is 4.10. The summed E-state index contributed by atoms with van der Waals surface area (Å²) in [5.41, 5.74) is 1.28. The summed E-state index contributed by atoms with van der Waals surface area (Å²) in [6, 6.07) is 3.53. The summed E-state index contributed by atoms with van der Waals surface area (Å²) in [6.45, 7) is 6.22. The van der Waals surface area contributed by atoms with Gasteiger partial charge in [-0.3, -0.25) is 4.90 Å². The lowest BCUT2D eigenvalue weighted by Crippen LogP contribution is -2.28. The van der Waals surface area contributed by atoms with Crippen molar-refractivity contribution in [3.63, 3.8) is 0 Å². The first-order valence-electron chi connectivity index (χ1n) is 7.61. The molecule has 1 N–H and O–H groups in total. The predicted molar refractivity (Wildman–Crippen MR) is 87.2 cm³/mol. The van der Waals surface area contributed by atoms with E-state index in [-0.39, 0.29) is 0 Å². The molecular weight excluding hydrogens is 268 g/mol. The molecule has 20 heavy (non-hydrogen) atoms. The highest BCUT2D eigenvalue weighted by molar-refractivity contribution is 7.98. The van der Waals surface area contributed by atoms with Crippen LogP contribution in [0.5, 0.6) is 0 Å². The number of nitrogens with zero attached hydrogens (tertiary/aromatic N) is 1. The van der Waals surface area contributed by atoms with Gasteiger partial charge < -0.3 is 9.73 Å². The molecule has 1 heterocycles. The van der Waals surface area contributed by atoms with Gasteiger partial charge in [0.2, 0.25) is 0 Å². The first kappa shape index (κ1) is 15.9. The van der Waals surface area contributed by atoms with Gasteiger partial charge in [0.15, 0.2) is 0 Å². The summed E-state index contributed by atoms with van der Waals surface area (Å²) in [6.07, 6.45) is 6.04. The van der Waals surface area contributed by atoms with E-state index >= 15 is 0 Å². The summed E-state index contributed by atoms with van der Waals surface area (Å²) < 4.78 is 6.01. The van der Waals surface area contributed by atoms with Crippen LogP contribution in [-0.4, -0.2) is 36.0 Å². The van der Waals surface area contributed by atoms with Gasteiger partial charge in [0.25, 0.3) is 0 Å². The van der Waals surface area contributed by atoms with Crippen molar-refractivity contribution < 1.29 is 4.42 Å². The summed E-state index contributed by atoms with van der Waals surface area (Å²) in [5.74, 6) is 3.42. The molecule has 0 radical (unpaired) electrons. The lowest BCUT2D eigenvalue weighted by atomic mass is 10.2. The highest BCUT2D eigenvalue weighted by atomic mass is 32.2. The van der Waals surface area contributed by atoms with Gasteiger partial charge in [-0.1, -0.05) is 0 Å². The van der Waals surface area contributed by atoms with Gasteiger partial charge in [0.1, 0.15) is 11.5 Å². The SMILES string of the molecule is CSCCC(C)N(C)Cc1cc(C)c(CNC2CC2)o1. The maximum atomic E-state index is 6.01. The molecule has 0 spiro atoms. The second-order valence-corrected chi connectivity index (χ2v) is 7.01. The van der Waals surface area contributed by atoms with E-state index < -0.39 is 0 Å². The minimum absolute atomic E-state index is 0.598. The Hall–Kier alpha value is -0.450. The highest BCUT2D eigenvalue weighted by Crippen LogP contribution is 2.22. The Morgan fingerprint density at radius 3 is 2.90 bits per heavy atom. The molecule has 1 atom stereocenters. The zero-order chi connectivity index (χ0) is 14.5. The minimum Gasteiger partial charge on any atom is -0.463 e. The summed E-state index contributed by atoms with van der Waals surface area (Å²) >= 11 is 1.92. The van der Waals surface area contributed by atoms with Gasteiger partial charge in [-0.2, -0.15) is 11.8 Å². The largest absolute Gasteiger partial charge is 0.463 e. The Balaban J connectivity index is 1.83. The molecule has 4 heteroatoms. The topological polar surface area (TPSA) is 28.4 Å². The quantitative estimate of drug-likeness (QED) is 0.756. The summed E-state index contributed by atoms with van der Waals surface area (Å²) in [4.78, 5) is 2.38. The number of furan rings is 1. The maximum absolute atomic E-state index is 6.01. The van der Waals surface area contributed by atoms with Crippen molar-refractivity contribution in [2.45, 2.75) is 58.3 Å². The van der Waals surface area contributed by atoms with Gasteiger partial charge in [-0.25, -0.2) is 0 Å². The van der Waals surface area contributed by atoms with Crippen molar-refractivity contribution in [3.05, 3.63) is 23.2 Å². The van der Waals surface area contributed by atoms with Gasteiger partial charge in [-0.05, 0) is 63.8 Å². The van der Waals surface area contributed by atoms with Crippen molar-refractivity contribution in [1.82, 2.24) is 10.2 Å². The smallest absolute Gasteiger partial charge is 0.120 e. The molecular formula is C16H28N2OS. The predicted octanol–water partition coefficient (Wildman–Crippen LogP) is 3.41. The molecule has 0 bridgehead atoms. The number of nitrogens with one attached hydrogen (secondary N) is 1. The molecule has 0 saturated heterocycles. The summed E-state index contributed by atoms with van der Waals surface area (Å²) in [5, 5.41) is 3.52. The highest BCUT2D eigenvalue weighted by Gasteiger charge is 2.21. The van der Waals surface area contributed by atoms with Crippen LogP contribution in [-0.2, 0) is 13.1 Å². The molecule has 0 aromatic carbocycles. The Labute approximate surface area is 127 Å². The lowest BCUT2D eigenvalue weighted by Gasteiger charge is -2.23. The fourth-order valence-corrected chi connectivity index (χ4v) is 2.86. The molecule has 1 aliphatic carbocycles. The van der Waals surface area contributed by atoms with Crippen LogP contribution in [0, 0.1) is 6.92 Å². The Morgan fingerprint density at radius 2 is 2.25 bits per heavy atom. The third kappa shape index (κ3) is 4.83. The van der Waals surface area contributed by atoms with Crippen LogP contribution >= 0.6 is 11.8 Å². The fourth-order valence-electron chi connectivity index (χ4n) is 2.28. The van der Waals surface area contributed by atoms with Crippen LogP contribution in [0.1, 0.15) is 43.3 Å². The Bertz CT molecular complexity index is 415. The second-order valence-electron chi connectivity index (χ2n) is 6.02. The van der Waals surface area contributed by atoms with Crippen LogP contribution in [0.25, 0.3) is 0 Å². The molecule has 0 amide bonds. The van der Waals surface area contributed by atoms with Gasteiger partial charge >= 0.3 is 0 Å². The van der Waals surface area contributed by atoms with E-state index in [2.05, 4.69) is 43.4 Å². The molecule has 1 unspecified atom stereocenters. The zero-order valence-electron chi connectivity index (χ0n) is 13.2. The molecule has 1 aromatic rings. The minimum atomic E-state index is 0.598. The van der Waals surface area contributed by atoms with E-state index in [9.17, 15) is 0 Å². The average molecular weight is 296 g/mol. The van der Waals surface area contributed by atoms with Crippen LogP contribution in [0.2, 0.25) is 0 Å². The molecule has 1 saturated carbocycles. The number of rotatable bonds is 9. The van der Waals surface area contributed by atoms with Crippen molar-refractivity contribution in [1.29, 1.82) is 0 Å². The third-order valence-corrected chi connectivity index (χ3v) is 4.74.